The fraction of sp³-hybridized carbons (Fsp3) is 0.846. The Labute approximate surface area is 466 Å². The van der Waals surface area contributed by atoms with Crippen LogP contribution in [-0.2, 0) is 23.8 Å². The van der Waals surface area contributed by atoms with Gasteiger partial charge in [-0.1, -0.05) is 249 Å². The summed E-state index contributed by atoms with van der Waals surface area (Å²) in [7, 11) is 0. The lowest BCUT2D eigenvalue weighted by Crippen LogP contribution is -2.60. The van der Waals surface area contributed by atoms with Gasteiger partial charge in [-0.25, -0.2) is 0 Å². The highest BCUT2D eigenvalue weighted by Gasteiger charge is 2.44. The molecule has 0 saturated carbocycles. The molecule has 0 spiro atoms. The molecule has 0 bridgehead atoms. The van der Waals surface area contributed by atoms with Crippen LogP contribution in [0.3, 0.4) is 0 Å². The van der Waals surface area contributed by atoms with Crippen molar-refractivity contribution in [3.8, 4) is 0 Å². The average Bonchev–Trinajstić information content (AvgIpc) is 3.42. The predicted molar refractivity (Wildman–Crippen MR) is 315 cm³/mol. The number of nitrogens with one attached hydrogen (secondary N) is 1. The van der Waals surface area contributed by atoms with Crippen molar-refractivity contribution in [3.05, 3.63) is 48.6 Å². The minimum atomic E-state index is -1.58. The summed E-state index contributed by atoms with van der Waals surface area (Å²) in [5.41, 5.74) is 0. The smallest absolute Gasteiger partial charge is 0.305 e. The molecular formula is C65H119NO10. The van der Waals surface area contributed by atoms with Gasteiger partial charge in [-0.3, -0.25) is 9.59 Å². The zero-order valence-corrected chi connectivity index (χ0v) is 49.0. The summed E-state index contributed by atoms with van der Waals surface area (Å²) < 4.78 is 16.7. The van der Waals surface area contributed by atoms with Gasteiger partial charge in [0.05, 0.1) is 32.0 Å². The van der Waals surface area contributed by atoms with Gasteiger partial charge in [0.1, 0.15) is 24.4 Å². The molecule has 1 aliphatic heterocycles. The topological polar surface area (TPSA) is 175 Å². The van der Waals surface area contributed by atoms with Gasteiger partial charge in [0.25, 0.3) is 0 Å². The van der Waals surface area contributed by atoms with Gasteiger partial charge in [0.15, 0.2) is 6.29 Å². The van der Waals surface area contributed by atoms with Crippen LogP contribution in [0.5, 0.6) is 0 Å². The molecule has 11 nitrogen and oxygen atoms in total. The Kier molecular flexibility index (Phi) is 51.4. The molecule has 1 amide bonds. The maximum Gasteiger partial charge on any atom is 0.305 e. The maximum absolute atomic E-state index is 13.0. The number of unbranched alkanes of at least 4 members (excludes halogenated alkanes) is 35. The zero-order chi connectivity index (χ0) is 55.2. The Bertz CT molecular complexity index is 1400. The molecule has 0 aromatic carbocycles. The number of aliphatic hydroxyl groups excluding tert-OH is 5. The molecule has 1 heterocycles. The second kappa shape index (κ2) is 54.6. The van der Waals surface area contributed by atoms with Crippen LogP contribution in [0.15, 0.2) is 48.6 Å². The molecule has 1 saturated heterocycles. The van der Waals surface area contributed by atoms with Gasteiger partial charge >= 0.3 is 5.97 Å². The number of esters is 1. The van der Waals surface area contributed by atoms with Gasteiger partial charge in [-0.15, -0.1) is 0 Å². The predicted octanol–water partition coefficient (Wildman–Crippen LogP) is 15.2. The maximum atomic E-state index is 13.0. The third-order valence-corrected chi connectivity index (χ3v) is 14.9. The van der Waals surface area contributed by atoms with Crippen molar-refractivity contribution in [2.75, 3.05) is 19.8 Å². The van der Waals surface area contributed by atoms with E-state index in [9.17, 15) is 35.1 Å². The van der Waals surface area contributed by atoms with E-state index in [-0.39, 0.29) is 18.5 Å². The number of aliphatic hydroxyl groups is 5. The molecule has 1 aliphatic rings. The highest BCUT2D eigenvalue weighted by Crippen LogP contribution is 2.23. The van der Waals surface area contributed by atoms with Crippen LogP contribution < -0.4 is 5.32 Å². The van der Waals surface area contributed by atoms with E-state index >= 15 is 0 Å². The Balaban J connectivity index is 2.10. The molecule has 1 rings (SSSR count). The molecular weight excluding hydrogens is 955 g/mol. The third-order valence-electron chi connectivity index (χ3n) is 14.9. The van der Waals surface area contributed by atoms with E-state index in [1.54, 1.807) is 6.08 Å². The average molecular weight is 1070 g/mol. The number of carbonyl (C=O) groups excluding carboxylic acids is 2. The number of ether oxygens (including phenoxy) is 3. The van der Waals surface area contributed by atoms with Crippen molar-refractivity contribution in [3.63, 3.8) is 0 Å². The quantitative estimate of drug-likeness (QED) is 0.0195. The number of amides is 1. The summed E-state index contributed by atoms with van der Waals surface area (Å²) in [6.07, 6.45) is 59.2. The standard InChI is InChI=1S/C65H119NO10/c1-3-5-7-9-11-13-15-16-28-32-35-39-43-47-51-58(68)57(56-75-65-64(73)63(72)62(71)59(55-67)76-65)66-60(69)52-48-44-40-36-33-29-26-24-22-20-18-17-19-21-23-25-27-30-34-38-42-46-50-54-74-61(70)53-49-45-41-37-31-14-12-10-8-6-4-2/h17,19-20,22,32,35,47,51,57-59,62-65,67-68,71-73H,3-16,18,21,23-31,33-34,36-46,48-50,52-56H2,1-2H3,(H,66,69)/b19-17-,22-20-,35-32+,51-47+. The molecule has 0 aliphatic carbocycles. The molecule has 7 atom stereocenters. The van der Waals surface area contributed by atoms with Crippen molar-refractivity contribution in [2.45, 2.75) is 333 Å². The van der Waals surface area contributed by atoms with Crippen molar-refractivity contribution >= 4 is 11.9 Å². The van der Waals surface area contributed by atoms with Crippen LogP contribution in [0.4, 0.5) is 0 Å². The molecule has 76 heavy (non-hydrogen) atoms. The van der Waals surface area contributed by atoms with E-state index in [4.69, 9.17) is 14.2 Å². The summed E-state index contributed by atoms with van der Waals surface area (Å²) in [5, 5.41) is 54.4. The molecule has 1 fully saturated rings. The monoisotopic (exact) mass is 1070 g/mol. The van der Waals surface area contributed by atoms with E-state index in [1.807, 2.05) is 6.08 Å². The normalized spacial score (nSPS) is 19.0. The highest BCUT2D eigenvalue weighted by atomic mass is 16.7. The van der Waals surface area contributed by atoms with Gasteiger partial charge in [0, 0.05) is 12.8 Å². The summed E-state index contributed by atoms with van der Waals surface area (Å²) >= 11 is 0. The molecule has 0 aromatic rings. The SMILES string of the molecule is CCCCCCCCCC/C=C/CC/C=C/C(O)C(COC1OC(CO)C(O)C(O)C1O)NC(=O)CCCCCCCCC/C=C\C/C=C\CCCCCCCCCCCOC(=O)CCCCCCCCCCCCC. The van der Waals surface area contributed by atoms with E-state index in [0.29, 0.717) is 19.4 Å². The molecule has 6 N–H and O–H groups in total. The molecule has 444 valence electrons. The summed E-state index contributed by atoms with van der Waals surface area (Å²) in [5.74, 6) is -0.208. The first-order valence-electron chi connectivity index (χ1n) is 31.9. The lowest BCUT2D eigenvalue weighted by Gasteiger charge is -2.40. The first kappa shape index (κ1) is 71.6. The Hall–Kier alpha value is -2.38. The van der Waals surface area contributed by atoms with Gasteiger partial charge < -0.3 is 45.1 Å². The van der Waals surface area contributed by atoms with Crippen LogP contribution in [0, 0.1) is 0 Å². The Morgan fingerprint density at radius 1 is 0.487 bits per heavy atom. The fourth-order valence-electron chi connectivity index (χ4n) is 9.83. The van der Waals surface area contributed by atoms with E-state index in [2.05, 4.69) is 55.6 Å². The van der Waals surface area contributed by atoms with Crippen molar-refractivity contribution in [1.82, 2.24) is 5.32 Å². The lowest BCUT2D eigenvalue weighted by atomic mass is 9.99. The summed E-state index contributed by atoms with van der Waals surface area (Å²) in [6, 6.07) is -0.836. The van der Waals surface area contributed by atoms with E-state index in [0.717, 1.165) is 83.5 Å². The first-order valence-corrected chi connectivity index (χ1v) is 31.9. The van der Waals surface area contributed by atoms with Crippen LogP contribution in [0.1, 0.15) is 290 Å². The Morgan fingerprint density at radius 3 is 1.38 bits per heavy atom. The second-order valence-electron chi connectivity index (χ2n) is 22.1. The van der Waals surface area contributed by atoms with Crippen molar-refractivity contribution in [1.29, 1.82) is 0 Å². The number of rotatable bonds is 55. The van der Waals surface area contributed by atoms with Gasteiger partial charge in [-0.2, -0.15) is 0 Å². The van der Waals surface area contributed by atoms with Crippen LogP contribution >= 0.6 is 0 Å². The van der Waals surface area contributed by atoms with Crippen LogP contribution in [0.2, 0.25) is 0 Å². The highest BCUT2D eigenvalue weighted by molar-refractivity contribution is 5.76. The largest absolute Gasteiger partial charge is 0.466 e. The molecule has 0 radical (unpaired) electrons. The number of allylic oxidation sites excluding steroid dienone is 7. The molecule has 0 aromatic heterocycles. The Morgan fingerprint density at radius 2 is 0.895 bits per heavy atom. The molecule has 7 unspecified atom stereocenters. The van der Waals surface area contributed by atoms with Crippen molar-refractivity contribution < 1.29 is 49.3 Å². The third kappa shape index (κ3) is 43.5. The molecule has 11 heteroatoms. The number of hydrogen-bond donors (Lipinski definition) is 6. The zero-order valence-electron chi connectivity index (χ0n) is 49.0. The van der Waals surface area contributed by atoms with Crippen molar-refractivity contribution in [2.24, 2.45) is 0 Å². The van der Waals surface area contributed by atoms with Crippen LogP contribution in [-0.4, -0.2) is 100 Å². The number of hydrogen-bond acceptors (Lipinski definition) is 10. The number of carbonyl (C=O) groups is 2. The minimum absolute atomic E-state index is 0.00572. The van der Waals surface area contributed by atoms with Gasteiger partial charge in [0.2, 0.25) is 5.91 Å². The fourth-order valence-corrected chi connectivity index (χ4v) is 9.83. The summed E-state index contributed by atoms with van der Waals surface area (Å²) in [6.45, 7) is 4.32. The first-order chi connectivity index (χ1) is 37.2. The second-order valence-corrected chi connectivity index (χ2v) is 22.1. The summed E-state index contributed by atoms with van der Waals surface area (Å²) in [4.78, 5) is 25.1. The van der Waals surface area contributed by atoms with Gasteiger partial charge in [-0.05, 0) is 77.0 Å². The lowest BCUT2D eigenvalue weighted by molar-refractivity contribution is -0.302. The minimum Gasteiger partial charge on any atom is -0.466 e. The van der Waals surface area contributed by atoms with E-state index in [1.165, 1.54) is 180 Å². The van der Waals surface area contributed by atoms with Crippen LogP contribution in [0.25, 0.3) is 0 Å². The van der Waals surface area contributed by atoms with E-state index < -0.39 is 49.5 Å².